The lowest BCUT2D eigenvalue weighted by Crippen LogP contribution is -2.34. The normalized spacial score (nSPS) is 18.8. The van der Waals surface area contributed by atoms with Crippen molar-refractivity contribution in [1.29, 1.82) is 0 Å². The summed E-state index contributed by atoms with van der Waals surface area (Å²) in [6.45, 7) is 1.63. The van der Waals surface area contributed by atoms with Crippen LogP contribution in [0, 0.1) is 0 Å². The van der Waals surface area contributed by atoms with Gasteiger partial charge in [0.15, 0.2) is 5.82 Å². The van der Waals surface area contributed by atoms with Crippen molar-refractivity contribution in [3.63, 3.8) is 0 Å². The second kappa shape index (κ2) is 12.4. The van der Waals surface area contributed by atoms with Crippen LogP contribution in [0.5, 0.6) is 0 Å². The van der Waals surface area contributed by atoms with E-state index < -0.39 is 17.6 Å². The van der Waals surface area contributed by atoms with Gasteiger partial charge in [-0.05, 0) is 37.0 Å². The van der Waals surface area contributed by atoms with Gasteiger partial charge >= 0.3 is 5.76 Å². The minimum Gasteiger partial charge on any atom is -0.347 e. The van der Waals surface area contributed by atoms with Gasteiger partial charge < -0.3 is 16.0 Å². The smallest absolute Gasteiger partial charge is 0.347 e. The Morgan fingerprint density at radius 2 is 1.89 bits per heavy atom. The zero-order valence-corrected chi connectivity index (χ0v) is 20.6. The fourth-order valence-electron chi connectivity index (χ4n) is 3.91. The van der Waals surface area contributed by atoms with Gasteiger partial charge in [0.05, 0.1) is 0 Å². The first-order valence-electron chi connectivity index (χ1n) is 12.0. The third kappa shape index (κ3) is 7.32. The molecule has 38 heavy (non-hydrogen) atoms. The number of nitrogens with one attached hydrogen (secondary N) is 4. The first-order chi connectivity index (χ1) is 18.4. The number of benzene rings is 1. The van der Waals surface area contributed by atoms with Crippen LogP contribution in [0.25, 0.3) is 0 Å². The van der Waals surface area contributed by atoms with Crippen LogP contribution in [-0.4, -0.2) is 43.9 Å². The quantitative estimate of drug-likeness (QED) is 0.345. The number of anilines is 1. The number of aromatic amines is 1. The minimum absolute atomic E-state index is 0.0561. The van der Waals surface area contributed by atoms with Gasteiger partial charge in [0.25, 0.3) is 11.8 Å². The third-order valence-corrected chi connectivity index (χ3v) is 5.73. The van der Waals surface area contributed by atoms with Crippen LogP contribution in [0.4, 0.5) is 5.69 Å². The van der Waals surface area contributed by atoms with Gasteiger partial charge in [-0.25, -0.2) is 14.8 Å². The zero-order chi connectivity index (χ0) is 26.9. The lowest BCUT2D eigenvalue weighted by atomic mass is 10.0. The van der Waals surface area contributed by atoms with E-state index >= 15 is 0 Å². The molecule has 2 aromatic heterocycles. The number of aromatic nitrogens is 4. The Kier molecular flexibility index (Phi) is 8.54. The van der Waals surface area contributed by atoms with E-state index in [1.54, 1.807) is 18.2 Å². The predicted molar refractivity (Wildman–Crippen MR) is 137 cm³/mol. The van der Waals surface area contributed by atoms with Crippen LogP contribution in [0.15, 0.2) is 70.3 Å². The van der Waals surface area contributed by atoms with Crippen LogP contribution in [0.1, 0.15) is 64.5 Å². The van der Waals surface area contributed by atoms with Crippen LogP contribution in [0.3, 0.4) is 0 Å². The fraction of sp³-hybridized carbons (Fsp3) is 0.269. The molecule has 1 aliphatic carbocycles. The van der Waals surface area contributed by atoms with Crippen molar-refractivity contribution in [2.24, 2.45) is 0 Å². The Balaban J connectivity index is 1.35. The van der Waals surface area contributed by atoms with Crippen molar-refractivity contribution in [3.8, 4) is 0 Å². The van der Waals surface area contributed by atoms with Crippen molar-refractivity contribution in [2.75, 3.05) is 5.32 Å². The standard InChI is InChI=1S/C26H27N7O5/c1-16(34)30-20-11-4-6-17(12-20)14-27-24(35)21-13-22(29-15-28-21)25(36)31-19-9-3-2-7-18(8-5-10-19)23-32-26(37)38-33-23/h2,4-7,10-13,15,18-19H,3,8-9,14H2,1H3,(H,27,35)(H,30,34)(H,31,36)(H,32,33,37)/b7-2+,10-5+/t18?,19-/m0/s1. The SMILES string of the molecule is CC(=O)Nc1cccc(CNC(=O)c2cc(C(=O)N[C@@H]3/C=C/CC(c4noc(=O)[nH]4)/C=C/CC3)ncn2)c1. The highest BCUT2D eigenvalue weighted by Gasteiger charge is 2.18. The molecule has 0 saturated heterocycles. The summed E-state index contributed by atoms with van der Waals surface area (Å²) >= 11 is 0. The van der Waals surface area contributed by atoms with Gasteiger partial charge in [-0.2, -0.15) is 0 Å². The maximum atomic E-state index is 12.9. The van der Waals surface area contributed by atoms with E-state index in [1.165, 1.54) is 19.3 Å². The van der Waals surface area contributed by atoms with E-state index in [0.29, 0.717) is 30.8 Å². The number of H-pyrrole nitrogens is 1. The number of allylic oxidation sites excluding steroid dienone is 3. The average Bonchev–Trinajstić information content (AvgIpc) is 3.37. The summed E-state index contributed by atoms with van der Waals surface area (Å²) in [6.07, 6.45) is 10.8. The van der Waals surface area contributed by atoms with Gasteiger partial charge in [-0.1, -0.05) is 41.6 Å². The summed E-state index contributed by atoms with van der Waals surface area (Å²) in [6, 6.07) is 8.18. The average molecular weight is 518 g/mol. The highest BCUT2D eigenvalue weighted by atomic mass is 16.5. The molecule has 196 valence electrons. The molecule has 0 radical (unpaired) electrons. The number of nitrogens with zero attached hydrogens (tertiary/aromatic N) is 3. The first kappa shape index (κ1) is 26.2. The summed E-state index contributed by atoms with van der Waals surface area (Å²) in [4.78, 5) is 58.6. The molecule has 2 heterocycles. The lowest BCUT2D eigenvalue weighted by molar-refractivity contribution is -0.114. The molecule has 4 N–H and O–H groups in total. The van der Waals surface area contributed by atoms with Gasteiger partial charge in [0.1, 0.15) is 17.7 Å². The number of carbonyl (C=O) groups is 3. The van der Waals surface area contributed by atoms with Crippen molar-refractivity contribution >= 4 is 23.4 Å². The van der Waals surface area contributed by atoms with Crippen LogP contribution < -0.4 is 21.7 Å². The second-order valence-corrected chi connectivity index (χ2v) is 8.69. The Bertz CT molecular complexity index is 1420. The predicted octanol–water partition coefficient (Wildman–Crippen LogP) is 2.22. The van der Waals surface area contributed by atoms with Crippen molar-refractivity contribution in [3.05, 3.63) is 94.3 Å². The van der Waals surface area contributed by atoms with Crippen molar-refractivity contribution < 1.29 is 18.9 Å². The summed E-state index contributed by atoms with van der Waals surface area (Å²) in [5.74, 6) is -1.37. The number of carbonyl (C=O) groups excluding carboxylic acids is 3. The topological polar surface area (TPSA) is 172 Å². The molecule has 3 amide bonds. The first-order valence-corrected chi connectivity index (χ1v) is 12.0. The van der Waals surface area contributed by atoms with Gasteiger partial charge in [-0.15, -0.1) is 0 Å². The Morgan fingerprint density at radius 1 is 1.08 bits per heavy atom. The second-order valence-electron chi connectivity index (χ2n) is 8.69. The zero-order valence-electron chi connectivity index (χ0n) is 20.6. The molecule has 1 aliphatic rings. The monoisotopic (exact) mass is 517 g/mol. The number of rotatable bonds is 7. The molecule has 12 heteroatoms. The van der Waals surface area contributed by atoms with Crippen molar-refractivity contribution in [1.82, 2.24) is 30.7 Å². The van der Waals surface area contributed by atoms with E-state index in [4.69, 9.17) is 0 Å². The Morgan fingerprint density at radius 3 is 2.66 bits per heavy atom. The maximum absolute atomic E-state index is 12.9. The molecule has 0 bridgehead atoms. The minimum atomic E-state index is -0.600. The summed E-state index contributed by atoms with van der Waals surface area (Å²) in [7, 11) is 0. The maximum Gasteiger partial charge on any atom is 0.438 e. The molecule has 4 rings (SSSR count). The number of hydrogen-bond acceptors (Lipinski definition) is 8. The van der Waals surface area contributed by atoms with E-state index in [9.17, 15) is 19.2 Å². The summed E-state index contributed by atoms with van der Waals surface area (Å²) in [5, 5.41) is 12.1. The Hall–Kier alpha value is -4.87. The largest absolute Gasteiger partial charge is 0.438 e. The fourth-order valence-corrected chi connectivity index (χ4v) is 3.91. The van der Waals surface area contributed by atoms with E-state index in [2.05, 4.69) is 40.6 Å². The molecule has 0 aliphatic heterocycles. The molecular weight excluding hydrogens is 490 g/mol. The third-order valence-electron chi connectivity index (χ3n) is 5.73. The van der Waals surface area contributed by atoms with Crippen LogP contribution >= 0.6 is 0 Å². The van der Waals surface area contributed by atoms with Crippen LogP contribution in [0.2, 0.25) is 0 Å². The Labute approximate surface area is 217 Å². The number of amides is 3. The molecule has 3 aromatic rings. The highest BCUT2D eigenvalue weighted by Crippen LogP contribution is 2.20. The van der Waals surface area contributed by atoms with E-state index in [0.717, 1.165) is 5.56 Å². The summed E-state index contributed by atoms with van der Waals surface area (Å²) < 4.78 is 4.59. The van der Waals surface area contributed by atoms with Crippen LogP contribution in [-0.2, 0) is 11.3 Å². The summed E-state index contributed by atoms with van der Waals surface area (Å²) in [5.41, 5.74) is 1.54. The van der Waals surface area contributed by atoms with Gasteiger partial charge in [0, 0.05) is 37.2 Å². The highest BCUT2D eigenvalue weighted by molar-refractivity contribution is 5.97. The molecule has 2 atom stereocenters. The van der Waals surface area contributed by atoms with Gasteiger partial charge in [-0.3, -0.25) is 23.9 Å². The van der Waals surface area contributed by atoms with Gasteiger partial charge in [0.2, 0.25) is 5.91 Å². The van der Waals surface area contributed by atoms with E-state index in [1.807, 2.05) is 30.4 Å². The molecule has 1 aromatic carbocycles. The molecule has 1 unspecified atom stereocenters. The molecule has 12 nitrogen and oxygen atoms in total. The molecule has 0 saturated carbocycles. The number of hydrogen-bond donors (Lipinski definition) is 4. The lowest BCUT2D eigenvalue weighted by Gasteiger charge is -2.14. The molecular formula is C26H27N7O5. The van der Waals surface area contributed by atoms with E-state index in [-0.39, 0.29) is 35.8 Å². The van der Waals surface area contributed by atoms with Crippen molar-refractivity contribution in [2.45, 2.75) is 44.7 Å². The molecule has 0 spiro atoms. The molecule has 0 fully saturated rings.